The van der Waals surface area contributed by atoms with E-state index in [9.17, 15) is 13.2 Å². The minimum absolute atomic E-state index is 0.0133. The summed E-state index contributed by atoms with van der Waals surface area (Å²) >= 11 is 0. The number of methoxy groups -OCH3 is 1. The first kappa shape index (κ1) is 16.2. The van der Waals surface area contributed by atoms with Gasteiger partial charge in [0.05, 0.1) is 19.1 Å². The molecule has 0 atom stereocenters. The van der Waals surface area contributed by atoms with Gasteiger partial charge in [-0.25, -0.2) is 18.2 Å². The van der Waals surface area contributed by atoms with Gasteiger partial charge in [-0.3, -0.25) is 0 Å². The fourth-order valence-electron chi connectivity index (χ4n) is 2.05. The smallest absolute Gasteiger partial charge is 0.356 e. The molecule has 1 aromatic carbocycles. The number of carbonyl (C=O) groups is 1. The molecule has 0 aliphatic carbocycles. The molecule has 0 unspecified atom stereocenters. The van der Waals surface area contributed by atoms with E-state index in [4.69, 9.17) is 0 Å². The lowest BCUT2D eigenvalue weighted by molar-refractivity contribution is 0.0594. The van der Waals surface area contributed by atoms with E-state index in [0.29, 0.717) is 5.56 Å². The Balaban J connectivity index is 2.16. The third-order valence-electron chi connectivity index (χ3n) is 3.17. The molecule has 1 aromatic heterocycles. The molecule has 0 saturated carbocycles. The van der Waals surface area contributed by atoms with E-state index in [-0.39, 0.29) is 16.6 Å². The van der Waals surface area contributed by atoms with Gasteiger partial charge in [0.1, 0.15) is 5.69 Å². The number of hydrogen-bond donors (Lipinski definition) is 1. The predicted molar refractivity (Wildman–Crippen MR) is 81.3 cm³/mol. The van der Waals surface area contributed by atoms with Gasteiger partial charge >= 0.3 is 5.97 Å². The third kappa shape index (κ3) is 3.73. The normalized spacial score (nSPS) is 11.4. The topological polar surface area (TPSA) is 89.1 Å². The molecular formula is C15H18N2O4S. The van der Waals surface area contributed by atoms with Crippen molar-refractivity contribution in [2.24, 2.45) is 0 Å². The summed E-state index contributed by atoms with van der Waals surface area (Å²) in [6, 6.07) is 7.45. The molecule has 0 aliphatic heterocycles. The number of nitrogens with one attached hydrogen (secondary N) is 1. The zero-order valence-electron chi connectivity index (χ0n) is 12.5. The lowest BCUT2D eigenvalue weighted by Gasteiger charge is -2.04. The number of hydrogen-bond acceptors (Lipinski definition) is 5. The van der Waals surface area contributed by atoms with Crippen molar-refractivity contribution in [3.8, 4) is 0 Å². The van der Waals surface area contributed by atoms with Gasteiger partial charge in [-0.15, -0.1) is 0 Å². The first-order chi connectivity index (χ1) is 10.5. The third-order valence-corrected chi connectivity index (χ3v) is 4.68. The van der Waals surface area contributed by atoms with Gasteiger partial charge in [0.2, 0.25) is 15.0 Å². The van der Waals surface area contributed by atoms with Gasteiger partial charge in [0.25, 0.3) is 0 Å². The molecule has 0 amide bonds. The van der Waals surface area contributed by atoms with Crippen molar-refractivity contribution in [2.45, 2.75) is 30.7 Å². The summed E-state index contributed by atoms with van der Waals surface area (Å²) in [6.45, 7) is 2.09. The number of aromatic amines is 1. The number of carbonyl (C=O) groups excluding carboxylic acids is 1. The molecule has 0 radical (unpaired) electrons. The number of aryl methyl sites for hydroxylation is 1. The number of sulfone groups is 1. The number of imidazole rings is 1. The summed E-state index contributed by atoms with van der Waals surface area (Å²) in [5.74, 6) is -0.828. The van der Waals surface area contributed by atoms with Gasteiger partial charge in [0.15, 0.2) is 0 Å². The first-order valence-electron chi connectivity index (χ1n) is 6.90. The average molecular weight is 322 g/mol. The maximum Gasteiger partial charge on any atom is 0.356 e. The van der Waals surface area contributed by atoms with Crippen LogP contribution in [0, 0.1) is 0 Å². The Bertz CT molecular complexity index is 748. The quantitative estimate of drug-likeness (QED) is 0.823. The van der Waals surface area contributed by atoms with Crippen LogP contribution in [0.3, 0.4) is 0 Å². The van der Waals surface area contributed by atoms with Crippen LogP contribution < -0.4 is 0 Å². The fourth-order valence-corrected chi connectivity index (χ4v) is 3.30. The van der Waals surface area contributed by atoms with Crippen LogP contribution in [0.2, 0.25) is 0 Å². The molecule has 2 rings (SSSR count). The minimum atomic E-state index is -3.63. The van der Waals surface area contributed by atoms with Gasteiger partial charge in [0, 0.05) is 0 Å². The first-order valence-corrected chi connectivity index (χ1v) is 8.55. The molecular weight excluding hydrogens is 304 g/mol. The second-order valence-electron chi connectivity index (χ2n) is 4.92. The summed E-state index contributed by atoms with van der Waals surface area (Å²) in [4.78, 5) is 17.6. The van der Waals surface area contributed by atoms with E-state index in [1.165, 1.54) is 12.7 Å². The number of H-pyrrole nitrogens is 1. The Morgan fingerprint density at radius 2 is 1.86 bits per heavy atom. The van der Waals surface area contributed by atoms with Crippen molar-refractivity contribution in [1.29, 1.82) is 0 Å². The Kier molecular flexibility index (Phi) is 4.97. The molecule has 22 heavy (non-hydrogen) atoms. The van der Waals surface area contributed by atoms with Gasteiger partial charge in [-0.05, 0) is 17.5 Å². The molecule has 0 spiro atoms. The van der Waals surface area contributed by atoms with E-state index in [1.54, 1.807) is 12.1 Å². The van der Waals surface area contributed by atoms with Crippen LogP contribution in [-0.2, 0) is 26.7 Å². The van der Waals surface area contributed by atoms with Gasteiger partial charge in [-0.2, -0.15) is 0 Å². The van der Waals surface area contributed by atoms with E-state index < -0.39 is 15.8 Å². The highest BCUT2D eigenvalue weighted by molar-refractivity contribution is 7.90. The Morgan fingerprint density at radius 3 is 2.45 bits per heavy atom. The van der Waals surface area contributed by atoms with Gasteiger partial charge < -0.3 is 9.72 Å². The summed E-state index contributed by atoms with van der Waals surface area (Å²) in [7, 11) is -2.42. The highest BCUT2D eigenvalue weighted by Crippen LogP contribution is 2.15. The molecule has 0 bridgehead atoms. The zero-order chi connectivity index (χ0) is 16.2. The summed E-state index contributed by atoms with van der Waals surface area (Å²) in [6.07, 6.45) is 3.16. The highest BCUT2D eigenvalue weighted by atomic mass is 32.2. The Morgan fingerprint density at radius 1 is 1.23 bits per heavy atom. The fraction of sp³-hybridized carbons (Fsp3) is 0.333. The van der Waals surface area contributed by atoms with Crippen molar-refractivity contribution in [1.82, 2.24) is 9.97 Å². The monoisotopic (exact) mass is 322 g/mol. The predicted octanol–water partition coefficient (Wildman–Crippen LogP) is 2.12. The second-order valence-corrected chi connectivity index (χ2v) is 6.82. The molecule has 7 heteroatoms. The Hall–Kier alpha value is -2.15. The molecule has 0 aliphatic rings. The maximum absolute atomic E-state index is 12.3. The Labute approximate surface area is 129 Å². The van der Waals surface area contributed by atoms with Crippen LogP contribution in [0.4, 0.5) is 0 Å². The standard InChI is InChI=1S/C15H18N2O4S/c1-3-4-11-5-7-12(8-6-11)10-22(19,20)15-16-9-13(17-15)14(18)21-2/h5-9H,3-4,10H2,1-2H3,(H,16,17). The van der Waals surface area contributed by atoms with Crippen LogP contribution >= 0.6 is 0 Å². The second kappa shape index (κ2) is 6.74. The number of nitrogens with zero attached hydrogens (tertiary/aromatic N) is 1. The highest BCUT2D eigenvalue weighted by Gasteiger charge is 2.21. The van der Waals surface area contributed by atoms with E-state index in [0.717, 1.165) is 19.0 Å². The van der Waals surface area contributed by atoms with E-state index in [1.807, 2.05) is 12.1 Å². The average Bonchev–Trinajstić information content (AvgIpc) is 2.99. The number of ether oxygens (including phenoxy) is 1. The van der Waals surface area contributed by atoms with Crippen LogP contribution in [0.1, 0.15) is 35.0 Å². The van der Waals surface area contributed by atoms with Crippen LogP contribution in [0.15, 0.2) is 35.6 Å². The minimum Gasteiger partial charge on any atom is -0.464 e. The lowest BCUT2D eigenvalue weighted by atomic mass is 10.1. The largest absolute Gasteiger partial charge is 0.464 e. The molecule has 0 saturated heterocycles. The summed E-state index contributed by atoms with van der Waals surface area (Å²) < 4.78 is 29.1. The molecule has 0 fully saturated rings. The number of rotatable bonds is 6. The van der Waals surface area contributed by atoms with Crippen molar-refractivity contribution in [3.63, 3.8) is 0 Å². The van der Waals surface area contributed by atoms with Gasteiger partial charge in [-0.1, -0.05) is 37.6 Å². The molecule has 118 valence electrons. The van der Waals surface area contributed by atoms with Crippen molar-refractivity contribution >= 4 is 15.8 Å². The van der Waals surface area contributed by atoms with E-state index >= 15 is 0 Å². The van der Waals surface area contributed by atoms with Crippen molar-refractivity contribution in [2.75, 3.05) is 7.11 Å². The maximum atomic E-state index is 12.3. The van der Waals surface area contributed by atoms with Crippen LogP contribution in [-0.4, -0.2) is 31.5 Å². The van der Waals surface area contributed by atoms with E-state index in [2.05, 4.69) is 21.6 Å². The molecule has 1 N–H and O–H groups in total. The summed E-state index contributed by atoms with van der Waals surface area (Å²) in [5.41, 5.74) is 1.87. The van der Waals surface area contributed by atoms with Crippen molar-refractivity contribution < 1.29 is 17.9 Å². The molecule has 2 aromatic rings. The molecule has 1 heterocycles. The zero-order valence-corrected chi connectivity index (χ0v) is 13.3. The van der Waals surface area contributed by atoms with Crippen LogP contribution in [0.5, 0.6) is 0 Å². The number of aromatic nitrogens is 2. The lowest BCUT2D eigenvalue weighted by Crippen LogP contribution is -2.08. The number of benzene rings is 1. The van der Waals surface area contributed by atoms with Crippen molar-refractivity contribution in [3.05, 3.63) is 47.3 Å². The summed E-state index contributed by atoms with van der Waals surface area (Å²) in [5, 5.41) is -0.231. The van der Waals surface area contributed by atoms with Crippen LogP contribution in [0.25, 0.3) is 0 Å². The SMILES string of the molecule is CCCc1ccc(CS(=O)(=O)c2ncc(C(=O)OC)[nH]2)cc1. The molecule has 6 nitrogen and oxygen atoms in total. The number of esters is 1.